The summed E-state index contributed by atoms with van der Waals surface area (Å²) in [6.07, 6.45) is 3.52. The molecule has 5 nitrogen and oxygen atoms in total. The molecule has 2 aliphatic heterocycles. The van der Waals surface area contributed by atoms with E-state index < -0.39 is 11.2 Å². The van der Waals surface area contributed by atoms with Gasteiger partial charge in [-0.05, 0) is 53.4 Å². The van der Waals surface area contributed by atoms with Crippen molar-refractivity contribution in [2.24, 2.45) is 5.92 Å². The van der Waals surface area contributed by atoms with Gasteiger partial charge in [0.25, 0.3) is 0 Å². The van der Waals surface area contributed by atoms with E-state index in [1.165, 1.54) is 0 Å². The normalized spacial score (nSPS) is 28.3. The van der Waals surface area contributed by atoms with E-state index in [-0.39, 0.29) is 11.9 Å². The molecule has 1 N–H and O–H groups in total. The Hall–Kier alpha value is -0.650. The third-order valence-corrected chi connectivity index (χ3v) is 4.36. The highest BCUT2D eigenvalue weighted by molar-refractivity contribution is 5.73. The second kappa shape index (κ2) is 6.23. The molecule has 2 fully saturated rings. The number of carbonyl (C=O) groups excluding carboxylic acids is 1. The first-order valence-electron chi connectivity index (χ1n) is 8.11. The monoisotopic (exact) mass is 298 g/mol. The van der Waals surface area contributed by atoms with Gasteiger partial charge in [-0.15, -0.1) is 0 Å². The van der Waals surface area contributed by atoms with Gasteiger partial charge in [0.05, 0.1) is 11.5 Å². The zero-order chi connectivity index (χ0) is 15.7. The van der Waals surface area contributed by atoms with Crippen molar-refractivity contribution < 1.29 is 14.6 Å². The molecular weight excluding hydrogens is 268 g/mol. The molecule has 2 heterocycles. The molecule has 0 aromatic rings. The Bertz CT molecular complexity index is 366. The van der Waals surface area contributed by atoms with E-state index in [0.717, 1.165) is 51.9 Å². The lowest BCUT2D eigenvalue weighted by molar-refractivity contribution is -0.167. The molecule has 0 spiro atoms. The SMILES string of the molecule is CC1(O)CCN(N2CCCC(C(=O)OC(C)(C)C)C2)CC1. The van der Waals surface area contributed by atoms with Crippen LogP contribution in [0.15, 0.2) is 0 Å². The second-order valence-corrected chi connectivity index (χ2v) is 7.74. The molecule has 21 heavy (non-hydrogen) atoms. The van der Waals surface area contributed by atoms with E-state index in [4.69, 9.17) is 4.74 Å². The summed E-state index contributed by atoms with van der Waals surface area (Å²) in [6.45, 7) is 11.1. The topological polar surface area (TPSA) is 53.0 Å². The average Bonchev–Trinajstić information content (AvgIpc) is 2.37. The largest absolute Gasteiger partial charge is 0.460 e. The van der Waals surface area contributed by atoms with Crippen LogP contribution in [0.25, 0.3) is 0 Å². The van der Waals surface area contributed by atoms with Gasteiger partial charge in [-0.25, -0.2) is 10.0 Å². The number of hydrogen-bond acceptors (Lipinski definition) is 5. The third-order valence-electron chi connectivity index (χ3n) is 4.36. The Morgan fingerprint density at radius 2 is 1.81 bits per heavy atom. The smallest absolute Gasteiger partial charge is 0.310 e. The van der Waals surface area contributed by atoms with Gasteiger partial charge in [-0.2, -0.15) is 0 Å². The maximum Gasteiger partial charge on any atom is 0.310 e. The number of piperidine rings is 2. The number of aliphatic hydroxyl groups is 1. The molecule has 0 aliphatic carbocycles. The van der Waals surface area contributed by atoms with E-state index >= 15 is 0 Å². The number of nitrogens with zero attached hydrogens (tertiary/aromatic N) is 2. The highest BCUT2D eigenvalue weighted by Crippen LogP contribution is 2.26. The first kappa shape index (κ1) is 16.7. The van der Waals surface area contributed by atoms with E-state index in [9.17, 15) is 9.90 Å². The molecule has 0 radical (unpaired) electrons. The lowest BCUT2D eigenvalue weighted by Crippen LogP contribution is -2.54. The first-order chi connectivity index (χ1) is 9.66. The van der Waals surface area contributed by atoms with Crippen molar-refractivity contribution in [3.05, 3.63) is 0 Å². The highest BCUT2D eigenvalue weighted by Gasteiger charge is 2.35. The molecule has 2 rings (SSSR count). The summed E-state index contributed by atoms with van der Waals surface area (Å²) < 4.78 is 5.52. The molecule has 1 atom stereocenters. The van der Waals surface area contributed by atoms with Crippen LogP contribution in [0.5, 0.6) is 0 Å². The number of ether oxygens (including phenoxy) is 1. The standard InChI is InChI=1S/C16H30N2O3/c1-15(2,3)21-14(19)13-6-5-9-18(12-13)17-10-7-16(4,20)8-11-17/h13,20H,5-12H2,1-4H3. The quantitative estimate of drug-likeness (QED) is 0.788. The van der Waals surface area contributed by atoms with Crippen LogP contribution < -0.4 is 0 Å². The third kappa shape index (κ3) is 4.94. The number of rotatable bonds is 2. The molecule has 2 aliphatic rings. The Labute approximate surface area is 128 Å². The van der Waals surface area contributed by atoms with Crippen LogP contribution in [0.3, 0.4) is 0 Å². The Balaban J connectivity index is 1.88. The summed E-state index contributed by atoms with van der Waals surface area (Å²) in [7, 11) is 0. The number of carbonyl (C=O) groups is 1. The van der Waals surface area contributed by atoms with Crippen LogP contribution in [0.4, 0.5) is 0 Å². The fourth-order valence-corrected chi connectivity index (χ4v) is 3.05. The van der Waals surface area contributed by atoms with Gasteiger partial charge in [-0.1, -0.05) is 0 Å². The van der Waals surface area contributed by atoms with Gasteiger partial charge in [0.2, 0.25) is 0 Å². The zero-order valence-electron chi connectivity index (χ0n) is 13.9. The molecule has 0 amide bonds. The molecule has 5 heteroatoms. The number of hydrogen-bond donors (Lipinski definition) is 1. The molecular formula is C16H30N2O3. The second-order valence-electron chi connectivity index (χ2n) is 7.74. The van der Waals surface area contributed by atoms with Crippen LogP contribution in [-0.4, -0.2) is 58.5 Å². The molecule has 1 unspecified atom stereocenters. The Morgan fingerprint density at radius 3 is 2.38 bits per heavy atom. The van der Waals surface area contributed by atoms with E-state index in [2.05, 4.69) is 10.0 Å². The molecule has 0 aromatic carbocycles. The first-order valence-corrected chi connectivity index (χ1v) is 8.11. The fourth-order valence-electron chi connectivity index (χ4n) is 3.05. The fraction of sp³-hybridized carbons (Fsp3) is 0.938. The maximum atomic E-state index is 12.2. The molecule has 0 bridgehead atoms. The highest BCUT2D eigenvalue weighted by atomic mass is 16.6. The summed E-state index contributed by atoms with van der Waals surface area (Å²) in [6, 6.07) is 0. The van der Waals surface area contributed by atoms with E-state index in [1.54, 1.807) is 0 Å². The predicted octanol–water partition coefficient (Wildman–Crippen LogP) is 1.80. The van der Waals surface area contributed by atoms with Crippen LogP contribution in [0.2, 0.25) is 0 Å². The van der Waals surface area contributed by atoms with Gasteiger partial charge in [-0.3, -0.25) is 4.79 Å². The summed E-state index contributed by atoms with van der Waals surface area (Å²) in [5.41, 5.74) is -0.944. The van der Waals surface area contributed by atoms with Gasteiger partial charge < -0.3 is 9.84 Å². The van der Waals surface area contributed by atoms with Crippen molar-refractivity contribution >= 4 is 5.97 Å². The van der Waals surface area contributed by atoms with Crippen molar-refractivity contribution in [2.45, 2.75) is 64.6 Å². The van der Waals surface area contributed by atoms with Crippen molar-refractivity contribution in [1.82, 2.24) is 10.0 Å². The van der Waals surface area contributed by atoms with Crippen molar-refractivity contribution in [3.63, 3.8) is 0 Å². The van der Waals surface area contributed by atoms with Crippen LogP contribution in [-0.2, 0) is 9.53 Å². The van der Waals surface area contributed by atoms with Gasteiger partial charge in [0, 0.05) is 26.2 Å². The molecule has 0 saturated carbocycles. The molecule has 2 saturated heterocycles. The van der Waals surface area contributed by atoms with Crippen LogP contribution in [0, 0.1) is 5.92 Å². The summed E-state index contributed by atoms with van der Waals surface area (Å²) in [4.78, 5) is 12.2. The lowest BCUT2D eigenvalue weighted by atomic mass is 9.94. The summed E-state index contributed by atoms with van der Waals surface area (Å²) in [5.74, 6) is -0.100. The molecule has 122 valence electrons. The van der Waals surface area contributed by atoms with Gasteiger partial charge >= 0.3 is 5.97 Å². The lowest BCUT2D eigenvalue weighted by Gasteiger charge is -2.44. The summed E-state index contributed by atoms with van der Waals surface area (Å²) in [5, 5.41) is 14.6. The van der Waals surface area contributed by atoms with Crippen LogP contribution in [0.1, 0.15) is 53.4 Å². The van der Waals surface area contributed by atoms with Gasteiger partial charge in [0.15, 0.2) is 0 Å². The minimum absolute atomic E-state index is 0.0274. The minimum Gasteiger partial charge on any atom is -0.460 e. The zero-order valence-corrected chi connectivity index (χ0v) is 13.9. The van der Waals surface area contributed by atoms with Gasteiger partial charge in [0.1, 0.15) is 5.60 Å². The van der Waals surface area contributed by atoms with Crippen LogP contribution >= 0.6 is 0 Å². The average molecular weight is 298 g/mol. The number of esters is 1. The number of hydrazine groups is 1. The minimum atomic E-state index is -0.531. The van der Waals surface area contributed by atoms with Crippen molar-refractivity contribution in [2.75, 3.05) is 26.2 Å². The predicted molar refractivity (Wildman–Crippen MR) is 81.6 cm³/mol. The Kier molecular flexibility index (Phi) is 4.96. The van der Waals surface area contributed by atoms with Crippen molar-refractivity contribution in [1.29, 1.82) is 0 Å². The molecule has 0 aromatic heterocycles. The van der Waals surface area contributed by atoms with E-state index in [1.807, 2.05) is 27.7 Å². The summed E-state index contributed by atoms with van der Waals surface area (Å²) >= 11 is 0. The van der Waals surface area contributed by atoms with E-state index in [0.29, 0.717) is 0 Å². The van der Waals surface area contributed by atoms with Crippen molar-refractivity contribution in [3.8, 4) is 0 Å². The Morgan fingerprint density at radius 1 is 1.19 bits per heavy atom. The maximum absolute atomic E-state index is 12.2.